The molecule has 2 aromatic rings. The van der Waals surface area contributed by atoms with Gasteiger partial charge in [0.25, 0.3) is 0 Å². The second-order valence-electron chi connectivity index (χ2n) is 3.07. The first-order valence-corrected chi connectivity index (χ1v) is 5.91. The highest BCUT2D eigenvalue weighted by molar-refractivity contribution is 9.10. The number of nitrogens with zero attached hydrogens (tertiary/aromatic N) is 2. The van der Waals surface area contributed by atoms with Crippen LogP contribution in [-0.2, 0) is 5.88 Å². The van der Waals surface area contributed by atoms with Crippen LogP contribution in [0.3, 0.4) is 0 Å². The Morgan fingerprint density at radius 2 is 2.00 bits per heavy atom. The van der Waals surface area contributed by atoms with Crippen LogP contribution in [0.15, 0.2) is 41.1 Å². The fraction of sp³-hybridized carbons (Fsp3) is 0.0909. The van der Waals surface area contributed by atoms with Gasteiger partial charge in [-0.3, -0.25) is 0 Å². The van der Waals surface area contributed by atoms with Crippen LogP contribution in [-0.4, -0.2) is 9.97 Å². The Bertz CT molecular complexity index is 476. The average Bonchev–Trinajstić information content (AvgIpc) is 2.32. The highest BCUT2D eigenvalue weighted by atomic mass is 79.9. The van der Waals surface area contributed by atoms with Crippen LogP contribution in [0.1, 0.15) is 5.56 Å². The van der Waals surface area contributed by atoms with Crippen molar-refractivity contribution in [3.8, 4) is 11.8 Å². The Hall–Kier alpha value is -1.13. The summed E-state index contributed by atoms with van der Waals surface area (Å²) in [6.07, 6.45) is 3.27. The Morgan fingerprint density at radius 1 is 1.25 bits per heavy atom. The molecule has 0 atom stereocenters. The third-order valence-electron chi connectivity index (χ3n) is 1.86. The maximum Gasteiger partial charge on any atom is 0.321 e. The first-order valence-electron chi connectivity index (χ1n) is 4.58. The number of aromatic nitrogens is 2. The third-order valence-corrected chi connectivity index (χ3v) is 2.58. The van der Waals surface area contributed by atoms with Crippen LogP contribution in [0.2, 0.25) is 0 Å². The van der Waals surface area contributed by atoms with Crippen molar-refractivity contribution in [2.75, 3.05) is 0 Å². The summed E-state index contributed by atoms with van der Waals surface area (Å²) in [6, 6.07) is 7.82. The minimum absolute atomic E-state index is 0.315. The van der Waals surface area contributed by atoms with Crippen molar-refractivity contribution < 1.29 is 4.74 Å². The van der Waals surface area contributed by atoms with Crippen LogP contribution in [0.25, 0.3) is 0 Å². The molecule has 0 aliphatic heterocycles. The molecule has 1 aromatic carbocycles. The highest BCUT2D eigenvalue weighted by Gasteiger charge is 2.00. The summed E-state index contributed by atoms with van der Waals surface area (Å²) in [5, 5.41) is 0. The molecule has 82 valence electrons. The van der Waals surface area contributed by atoms with Crippen molar-refractivity contribution in [2.24, 2.45) is 0 Å². The van der Waals surface area contributed by atoms with Crippen LogP contribution in [0, 0.1) is 0 Å². The quantitative estimate of drug-likeness (QED) is 0.809. The lowest BCUT2D eigenvalue weighted by molar-refractivity contribution is 0.441. The van der Waals surface area contributed by atoms with Gasteiger partial charge >= 0.3 is 6.01 Å². The van der Waals surface area contributed by atoms with E-state index in [9.17, 15) is 0 Å². The first-order chi connectivity index (χ1) is 7.78. The SMILES string of the molecule is ClCc1cccc(Oc2ncc(Br)cn2)c1. The maximum absolute atomic E-state index is 5.73. The van der Waals surface area contributed by atoms with Crippen molar-refractivity contribution in [1.82, 2.24) is 9.97 Å². The number of hydrogen-bond donors (Lipinski definition) is 0. The van der Waals surface area contributed by atoms with Crippen molar-refractivity contribution in [2.45, 2.75) is 5.88 Å². The van der Waals surface area contributed by atoms with Crippen LogP contribution < -0.4 is 4.74 Å². The second kappa shape index (κ2) is 5.27. The predicted molar refractivity (Wildman–Crippen MR) is 65.8 cm³/mol. The largest absolute Gasteiger partial charge is 0.424 e. The van der Waals surface area contributed by atoms with E-state index in [1.165, 1.54) is 0 Å². The molecule has 3 nitrogen and oxygen atoms in total. The number of alkyl halides is 1. The normalized spacial score (nSPS) is 10.1. The van der Waals surface area contributed by atoms with Gasteiger partial charge in [-0.2, -0.15) is 0 Å². The summed E-state index contributed by atoms with van der Waals surface area (Å²) in [5.74, 6) is 1.14. The molecule has 16 heavy (non-hydrogen) atoms. The van der Waals surface area contributed by atoms with Gasteiger partial charge in [-0.1, -0.05) is 12.1 Å². The molecule has 0 fully saturated rings. The molecule has 5 heteroatoms. The Balaban J connectivity index is 2.16. The summed E-state index contributed by atoms with van der Waals surface area (Å²) in [4.78, 5) is 8.03. The smallest absolute Gasteiger partial charge is 0.321 e. The zero-order chi connectivity index (χ0) is 11.4. The summed E-state index contributed by atoms with van der Waals surface area (Å²) in [6.45, 7) is 0. The molecule has 0 spiro atoms. The Labute approximate surface area is 107 Å². The fourth-order valence-corrected chi connectivity index (χ4v) is 1.52. The van der Waals surface area contributed by atoms with Gasteiger partial charge in [0.2, 0.25) is 0 Å². The molecule has 0 N–H and O–H groups in total. The highest BCUT2D eigenvalue weighted by Crippen LogP contribution is 2.20. The van der Waals surface area contributed by atoms with Crippen molar-refractivity contribution in [1.29, 1.82) is 0 Å². The molecule has 0 saturated carbocycles. The molecular weight excluding hydrogens is 291 g/mol. The van der Waals surface area contributed by atoms with Gasteiger partial charge in [-0.25, -0.2) is 9.97 Å². The molecule has 0 aliphatic carbocycles. The van der Waals surface area contributed by atoms with E-state index in [4.69, 9.17) is 16.3 Å². The van der Waals surface area contributed by atoms with E-state index >= 15 is 0 Å². The molecular formula is C11H8BrClN2O. The number of ether oxygens (including phenoxy) is 1. The van der Waals surface area contributed by atoms with Crippen molar-refractivity contribution in [3.63, 3.8) is 0 Å². The first kappa shape index (κ1) is 11.4. The molecule has 0 saturated heterocycles. The summed E-state index contributed by atoms with van der Waals surface area (Å²) in [5.41, 5.74) is 0.997. The predicted octanol–water partition coefficient (Wildman–Crippen LogP) is 3.77. The molecule has 0 bridgehead atoms. The van der Waals surface area contributed by atoms with Gasteiger partial charge in [0.1, 0.15) is 5.75 Å². The number of rotatable bonds is 3. The van der Waals surface area contributed by atoms with Crippen molar-refractivity contribution >= 4 is 27.5 Å². The average molecular weight is 300 g/mol. The molecule has 0 amide bonds. The summed E-state index contributed by atoms with van der Waals surface area (Å²) in [7, 11) is 0. The second-order valence-corrected chi connectivity index (χ2v) is 4.25. The lowest BCUT2D eigenvalue weighted by Gasteiger charge is -2.04. The van der Waals surface area contributed by atoms with Gasteiger partial charge in [-0.05, 0) is 33.6 Å². The fourth-order valence-electron chi connectivity index (χ4n) is 1.15. The maximum atomic E-state index is 5.73. The molecule has 1 aromatic heterocycles. The van der Waals surface area contributed by atoms with E-state index in [0.717, 1.165) is 10.0 Å². The monoisotopic (exact) mass is 298 g/mol. The standard InChI is InChI=1S/C11H8BrClN2O/c12-9-6-14-11(15-7-9)16-10-3-1-2-8(4-10)5-13/h1-4,6-7H,5H2. The molecule has 0 unspecified atom stereocenters. The van der Waals surface area contributed by atoms with E-state index in [2.05, 4.69) is 25.9 Å². The zero-order valence-electron chi connectivity index (χ0n) is 8.23. The van der Waals surface area contributed by atoms with E-state index in [1.807, 2.05) is 24.3 Å². The molecule has 2 rings (SSSR count). The van der Waals surface area contributed by atoms with Crippen LogP contribution in [0.4, 0.5) is 0 Å². The van der Waals surface area contributed by atoms with E-state index in [0.29, 0.717) is 17.6 Å². The van der Waals surface area contributed by atoms with Gasteiger partial charge in [0, 0.05) is 18.3 Å². The zero-order valence-corrected chi connectivity index (χ0v) is 10.6. The Kier molecular flexibility index (Phi) is 3.74. The molecule has 0 radical (unpaired) electrons. The number of halogens is 2. The molecule has 0 aliphatic rings. The number of hydrogen-bond acceptors (Lipinski definition) is 3. The summed E-state index contributed by atoms with van der Waals surface area (Å²) >= 11 is 8.99. The minimum atomic E-state index is 0.315. The molecule has 1 heterocycles. The minimum Gasteiger partial charge on any atom is -0.424 e. The van der Waals surface area contributed by atoms with Crippen LogP contribution in [0.5, 0.6) is 11.8 Å². The number of benzene rings is 1. The lowest BCUT2D eigenvalue weighted by atomic mass is 10.2. The van der Waals surface area contributed by atoms with Gasteiger partial charge in [-0.15, -0.1) is 11.6 Å². The Morgan fingerprint density at radius 3 is 2.69 bits per heavy atom. The third kappa shape index (κ3) is 2.93. The van der Waals surface area contributed by atoms with E-state index < -0.39 is 0 Å². The van der Waals surface area contributed by atoms with Crippen molar-refractivity contribution in [3.05, 3.63) is 46.7 Å². The summed E-state index contributed by atoms with van der Waals surface area (Å²) < 4.78 is 6.29. The van der Waals surface area contributed by atoms with E-state index in [-0.39, 0.29) is 0 Å². The lowest BCUT2D eigenvalue weighted by Crippen LogP contribution is -1.91. The topological polar surface area (TPSA) is 35.0 Å². The van der Waals surface area contributed by atoms with Gasteiger partial charge in [0.05, 0.1) is 4.47 Å². The van der Waals surface area contributed by atoms with Gasteiger partial charge < -0.3 is 4.74 Å². The van der Waals surface area contributed by atoms with E-state index in [1.54, 1.807) is 12.4 Å². The van der Waals surface area contributed by atoms with Crippen LogP contribution >= 0.6 is 27.5 Å². The van der Waals surface area contributed by atoms with Gasteiger partial charge in [0.15, 0.2) is 0 Å².